The molecular weight excluding hydrogens is 246 g/mol. The van der Waals surface area contributed by atoms with Crippen molar-refractivity contribution in [1.29, 1.82) is 0 Å². The molecule has 1 fully saturated rings. The van der Waals surface area contributed by atoms with Gasteiger partial charge in [-0.3, -0.25) is 11.3 Å². The molecular formula is C15H22F2N2. The van der Waals surface area contributed by atoms with Gasteiger partial charge in [0.2, 0.25) is 0 Å². The normalized spacial score (nSPS) is 20.3. The molecule has 19 heavy (non-hydrogen) atoms. The van der Waals surface area contributed by atoms with Crippen LogP contribution in [0.4, 0.5) is 8.78 Å². The summed E-state index contributed by atoms with van der Waals surface area (Å²) in [5, 5.41) is 0. The molecule has 2 rings (SSSR count). The van der Waals surface area contributed by atoms with Gasteiger partial charge in [0, 0.05) is 5.56 Å². The summed E-state index contributed by atoms with van der Waals surface area (Å²) < 4.78 is 28.3. The Labute approximate surface area is 113 Å². The van der Waals surface area contributed by atoms with E-state index in [-0.39, 0.29) is 11.0 Å². The van der Waals surface area contributed by atoms with Crippen molar-refractivity contribution >= 4 is 0 Å². The summed E-state index contributed by atoms with van der Waals surface area (Å²) in [4.78, 5) is 0. The Morgan fingerprint density at radius 1 is 1.21 bits per heavy atom. The lowest BCUT2D eigenvalue weighted by Crippen LogP contribution is -2.42. The van der Waals surface area contributed by atoms with Gasteiger partial charge in [-0.1, -0.05) is 32.3 Å². The van der Waals surface area contributed by atoms with Gasteiger partial charge in [-0.05, 0) is 36.8 Å². The number of nitrogens with two attached hydrogens (primary N) is 1. The van der Waals surface area contributed by atoms with Gasteiger partial charge in [-0.15, -0.1) is 0 Å². The van der Waals surface area contributed by atoms with Crippen LogP contribution < -0.4 is 11.3 Å². The van der Waals surface area contributed by atoms with E-state index in [1.54, 1.807) is 6.92 Å². The van der Waals surface area contributed by atoms with Gasteiger partial charge in [0.15, 0.2) is 0 Å². The van der Waals surface area contributed by atoms with Crippen molar-refractivity contribution < 1.29 is 8.78 Å². The molecule has 3 N–H and O–H groups in total. The first-order valence-electron chi connectivity index (χ1n) is 6.90. The van der Waals surface area contributed by atoms with E-state index in [0.717, 1.165) is 25.7 Å². The van der Waals surface area contributed by atoms with Crippen LogP contribution in [0.1, 0.15) is 56.2 Å². The minimum absolute atomic E-state index is 0.0897. The summed E-state index contributed by atoms with van der Waals surface area (Å²) in [6.45, 7) is 3.72. The molecule has 1 atom stereocenters. The first kappa shape index (κ1) is 14.4. The van der Waals surface area contributed by atoms with Crippen molar-refractivity contribution in [1.82, 2.24) is 5.43 Å². The fraction of sp³-hybridized carbons (Fsp3) is 0.600. The largest absolute Gasteiger partial charge is 0.271 e. The third kappa shape index (κ3) is 2.65. The van der Waals surface area contributed by atoms with E-state index in [2.05, 4.69) is 12.3 Å². The van der Waals surface area contributed by atoms with E-state index < -0.39 is 17.7 Å². The Morgan fingerprint density at radius 3 is 2.42 bits per heavy atom. The van der Waals surface area contributed by atoms with Gasteiger partial charge >= 0.3 is 0 Å². The predicted octanol–water partition coefficient (Wildman–Crippen LogP) is 3.75. The van der Waals surface area contributed by atoms with E-state index in [1.165, 1.54) is 18.6 Å². The standard InChI is InChI=1S/C15H22F2N2/c1-10-6-7-11(16)12(13(10)17)14(19-18)15(2)8-4-3-5-9-15/h6-7,14,19H,3-5,8-9,18H2,1-2H3. The van der Waals surface area contributed by atoms with Gasteiger partial charge in [0.1, 0.15) is 11.6 Å². The fourth-order valence-corrected chi connectivity index (χ4v) is 3.22. The SMILES string of the molecule is Cc1ccc(F)c(C(NN)C2(C)CCCCC2)c1F. The summed E-state index contributed by atoms with van der Waals surface area (Å²) in [6.07, 6.45) is 5.24. The molecule has 4 heteroatoms. The maximum atomic E-state index is 14.3. The molecule has 1 unspecified atom stereocenters. The van der Waals surface area contributed by atoms with Gasteiger partial charge in [0.05, 0.1) is 6.04 Å². The zero-order chi connectivity index (χ0) is 14.0. The maximum absolute atomic E-state index is 14.3. The van der Waals surface area contributed by atoms with Crippen molar-refractivity contribution in [2.45, 2.75) is 52.0 Å². The van der Waals surface area contributed by atoms with Crippen LogP contribution in [0.15, 0.2) is 12.1 Å². The molecule has 1 aliphatic carbocycles. The molecule has 0 aromatic heterocycles. The lowest BCUT2D eigenvalue weighted by Gasteiger charge is -2.41. The molecule has 1 aromatic carbocycles. The Kier molecular flexibility index (Phi) is 4.21. The van der Waals surface area contributed by atoms with E-state index in [9.17, 15) is 8.78 Å². The average Bonchev–Trinajstić information content (AvgIpc) is 2.40. The monoisotopic (exact) mass is 268 g/mol. The minimum Gasteiger partial charge on any atom is -0.271 e. The van der Waals surface area contributed by atoms with Crippen LogP contribution in [0, 0.1) is 24.0 Å². The summed E-state index contributed by atoms with van der Waals surface area (Å²) in [5.74, 6) is 4.63. The number of rotatable bonds is 3. The van der Waals surface area contributed by atoms with E-state index >= 15 is 0 Å². The quantitative estimate of drug-likeness (QED) is 0.647. The zero-order valence-corrected chi connectivity index (χ0v) is 11.6. The number of hydrogen-bond acceptors (Lipinski definition) is 2. The lowest BCUT2D eigenvalue weighted by molar-refractivity contribution is 0.139. The molecule has 0 saturated heterocycles. The smallest absolute Gasteiger partial charge is 0.133 e. The van der Waals surface area contributed by atoms with Crippen LogP contribution in [0.25, 0.3) is 0 Å². The molecule has 0 bridgehead atoms. The lowest BCUT2D eigenvalue weighted by atomic mass is 9.68. The molecule has 2 nitrogen and oxygen atoms in total. The summed E-state index contributed by atoms with van der Waals surface area (Å²) >= 11 is 0. The van der Waals surface area contributed by atoms with Crippen LogP contribution in [0.5, 0.6) is 0 Å². The minimum atomic E-state index is -0.516. The molecule has 0 heterocycles. The highest BCUT2D eigenvalue weighted by Gasteiger charge is 2.38. The molecule has 1 aromatic rings. The second-order valence-electron chi connectivity index (χ2n) is 5.91. The molecule has 0 radical (unpaired) electrons. The molecule has 1 aliphatic rings. The molecule has 0 amide bonds. The third-order valence-electron chi connectivity index (χ3n) is 4.47. The molecule has 1 saturated carbocycles. The van der Waals surface area contributed by atoms with Crippen LogP contribution in [-0.4, -0.2) is 0 Å². The van der Waals surface area contributed by atoms with Gasteiger partial charge in [-0.25, -0.2) is 8.78 Å². The highest BCUT2D eigenvalue weighted by atomic mass is 19.1. The summed E-state index contributed by atoms with van der Waals surface area (Å²) in [7, 11) is 0. The van der Waals surface area contributed by atoms with E-state index in [4.69, 9.17) is 5.84 Å². The Balaban J connectivity index is 2.44. The first-order valence-corrected chi connectivity index (χ1v) is 6.90. The molecule has 106 valence electrons. The topological polar surface area (TPSA) is 38.0 Å². The number of benzene rings is 1. The van der Waals surface area contributed by atoms with Crippen LogP contribution in [0.2, 0.25) is 0 Å². The zero-order valence-electron chi connectivity index (χ0n) is 11.6. The second-order valence-corrected chi connectivity index (χ2v) is 5.91. The molecule has 0 spiro atoms. The fourth-order valence-electron chi connectivity index (χ4n) is 3.22. The maximum Gasteiger partial charge on any atom is 0.133 e. The van der Waals surface area contributed by atoms with Crippen LogP contribution in [0.3, 0.4) is 0 Å². The van der Waals surface area contributed by atoms with Gasteiger partial charge in [0.25, 0.3) is 0 Å². The third-order valence-corrected chi connectivity index (χ3v) is 4.47. The highest BCUT2D eigenvalue weighted by molar-refractivity contribution is 5.30. The number of hydrazine groups is 1. The van der Waals surface area contributed by atoms with Crippen molar-refractivity contribution in [2.75, 3.05) is 0 Å². The number of aryl methyl sites for hydroxylation is 1. The van der Waals surface area contributed by atoms with Crippen LogP contribution in [-0.2, 0) is 0 Å². The van der Waals surface area contributed by atoms with Crippen molar-refractivity contribution in [3.05, 3.63) is 34.9 Å². The van der Waals surface area contributed by atoms with Crippen LogP contribution >= 0.6 is 0 Å². The van der Waals surface area contributed by atoms with Crippen molar-refractivity contribution in [3.8, 4) is 0 Å². The van der Waals surface area contributed by atoms with E-state index in [1.807, 2.05) is 0 Å². The predicted molar refractivity (Wildman–Crippen MR) is 72.4 cm³/mol. The number of halogens is 2. The Morgan fingerprint density at radius 2 is 1.84 bits per heavy atom. The van der Waals surface area contributed by atoms with Gasteiger partial charge < -0.3 is 0 Å². The number of hydrogen-bond donors (Lipinski definition) is 2. The highest BCUT2D eigenvalue weighted by Crippen LogP contribution is 2.46. The van der Waals surface area contributed by atoms with Gasteiger partial charge in [-0.2, -0.15) is 0 Å². The summed E-state index contributed by atoms with van der Waals surface area (Å²) in [5.41, 5.74) is 3.01. The Bertz CT molecular complexity index is 454. The Hall–Kier alpha value is -1.00. The second kappa shape index (κ2) is 5.55. The summed E-state index contributed by atoms with van der Waals surface area (Å²) in [6, 6.07) is 2.31. The average molecular weight is 268 g/mol. The number of nitrogens with one attached hydrogen (secondary N) is 1. The first-order chi connectivity index (χ1) is 8.99. The molecule has 0 aliphatic heterocycles. The van der Waals surface area contributed by atoms with Crippen molar-refractivity contribution in [2.24, 2.45) is 11.3 Å². The van der Waals surface area contributed by atoms with Crippen molar-refractivity contribution in [3.63, 3.8) is 0 Å². The van der Waals surface area contributed by atoms with E-state index in [0.29, 0.717) is 5.56 Å².